The van der Waals surface area contributed by atoms with Crippen molar-refractivity contribution in [3.63, 3.8) is 0 Å². The normalized spacial score (nSPS) is 8.25. The molecule has 0 unspecified atom stereocenters. The van der Waals surface area contributed by atoms with Crippen LogP contribution in [0.15, 0.2) is 0 Å². The molecule has 2 radical (unpaired) electrons. The van der Waals surface area contributed by atoms with E-state index in [-0.39, 0.29) is 65.4 Å². The maximum atomic E-state index is 3.67. The second-order valence-corrected chi connectivity index (χ2v) is 2.82. The van der Waals surface area contributed by atoms with Crippen LogP contribution >= 0.6 is 0 Å². The minimum Gasteiger partial charge on any atom is -0.429 e. The molecule has 6 nitrogen and oxygen atoms in total. The van der Waals surface area contributed by atoms with Crippen LogP contribution in [0, 0.1) is 26.2 Å². The summed E-state index contributed by atoms with van der Waals surface area (Å²) in [5, 5.41) is 14.4. The monoisotopic (exact) mass is 370 g/mol. The Morgan fingerprint density at radius 1 is 1.06 bits per heavy atom. The third kappa shape index (κ3) is 6.94. The number of hydrogen-bond donors (Lipinski definition) is 0. The molecule has 0 aliphatic heterocycles. The Hall–Kier alpha value is 0.488. The van der Waals surface area contributed by atoms with Gasteiger partial charge in [0.2, 0.25) is 0 Å². The summed E-state index contributed by atoms with van der Waals surface area (Å²) in [6.07, 6.45) is 5.50. The number of rotatable bonds is 0. The van der Waals surface area contributed by atoms with Gasteiger partial charge >= 0.3 is 0 Å². The number of aromatic nitrogens is 6. The fourth-order valence-corrected chi connectivity index (χ4v) is 0.714. The average molecular weight is 370 g/mol. The molecule has 8 heteroatoms. The molecule has 0 fully saturated rings. The van der Waals surface area contributed by atoms with Gasteiger partial charge < -0.3 is 22.2 Å². The molecule has 0 saturated heterocycles. The Balaban J connectivity index is 0. The first kappa shape index (κ1) is 18.8. The van der Waals surface area contributed by atoms with E-state index >= 15 is 0 Å². The van der Waals surface area contributed by atoms with Crippen LogP contribution in [-0.2, 0) is 79.5 Å². The molecule has 0 bridgehead atoms. The van der Waals surface area contributed by atoms with Gasteiger partial charge in [0.05, 0.1) is 0 Å². The van der Waals surface area contributed by atoms with E-state index in [0.717, 1.165) is 11.4 Å². The molecule has 2 rings (SSSR count). The summed E-state index contributed by atoms with van der Waals surface area (Å²) in [5.41, 5.74) is 1.79. The van der Waals surface area contributed by atoms with Crippen molar-refractivity contribution in [2.75, 3.05) is 0 Å². The average Bonchev–Trinajstić information content (AvgIpc) is 2.65. The summed E-state index contributed by atoms with van der Waals surface area (Å²) >= 11 is 0. The van der Waals surface area contributed by atoms with E-state index in [1.54, 1.807) is 16.4 Å². The van der Waals surface area contributed by atoms with Crippen LogP contribution in [0.25, 0.3) is 0 Å². The Kier molecular flexibility index (Phi) is 11.2. The molecular weight excluding hydrogens is 358 g/mol. The molecule has 0 saturated carbocycles. The van der Waals surface area contributed by atoms with E-state index in [1.165, 1.54) is 0 Å². The van der Waals surface area contributed by atoms with Crippen LogP contribution in [0.1, 0.15) is 11.4 Å². The van der Waals surface area contributed by atoms with Crippen molar-refractivity contribution in [3.05, 3.63) is 23.8 Å². The Morgan fingerprint density at radius 2 is 1.69 bits per heavy atom. The van der Waals surface area contributed by atoms with Crippen molar-refractivity contribution < 1.29 is 65.4 Å². The van der Waals surface area contributed by atoms with Crippen LogP contribution in [0.5, 0.6) is 0 Å². The summed E-state index contributed by atoms with van der Waals surface area (Å²) in [6, 6.07) is 0. The van der Waals surface area contributed by atoms with Crippen LogP contribution in [0.2, 0.25) is 0 Å². The molecule has 82 valence electrons. The van der Waals surface area contributed by atoms with Crippen LogP contribution in [-0.4, -0.2) is 30.0 Å². The molecule has 2 heterocycles. The van der Waals surface area contributed by atoms with Gasteiger partial charge in [0.1, 0.15) is 0 Å². The standard InChI is InChI=1S/2C4H6N3.2Y/c1-4-3-7(2)6-5-4;1-4-3-5-6-7(4)2;;/h2*1-2H3;;/q2*-1;;. The topological polar surface area (TPSA) is 61.4 Å². The molecule has 2 aromatic heterocycles. The van der Waals surface area contributed by atoms with Crippen molar-refractivity contribution in [2.24, 2.45) is 14.1 Å². The van der Waals surface area contributed by atoms with Gasteiger partial charge in [-0.05, 0) is 7.05 Å². The van der Waals surface area contributed by atoms with Gasteiger partial charge in [-0.25, -0.2) is 0 Å². The van der Waals surface area contributed by atoms with Gasteiger partial charge in [0.25, 0.3) is 0 Å². The van der Waals surface area contributed by atoms with Gasteiger partial charge in [-0.1, -0.05) is 13.8 Å². The van der Waals surface area contributed by atoms with Crippen LogP contribution in [0.4, 0.5) is 0 Å². The van der Waals surface area contributed by atoms with Gasteiger partial charge in [-0.15, -0.1) is 21.8 Å². The summed E-state index contributed by atoms with van der Waals surface area (Å²) in [7, 11) is 3.62. The largest absolute Gasteiger partial charge is 0.429 e. The summed E-state index contributed by atoms with van der Waals surface area (Å²) < 4.78 is 3.22. The van der Waals surface area contributed by atoms with Crippen molar-refractivity contribution >= 4 is 0 Å². The van der Waals surface area contributed by atoms with Crippen molar-refractivity contribution in [1.82, 2.24) is 30.0 Å². The van der Waals surface area contributed by atoms with Crippen molar-refractivity contribution in [3.8, 4) is 0 Å². The zero-order valence-corrected chi connectivity index (χ0v) is 15.5. The van der Waals surface area contributed by atoms with Gasteiger partial charge in [-0.2, -0.15) is 5.10 Å². The summed E-state index contributed by atoms with van der Waals surface area (Å²) in [6.45, 7) is 3.76. The quantitative estimate of drug-likeness (QED) is 0.605. The van der Waals surface area contributed by atoms with E-state index in [2.05, 4.69) is 33.0 Å². The van der Waals surface area contributed by atoms with E-state index < -0.39 is 0 Å². The number of nitrogens with zero attached hydrogens (tertiary/aromatic N) is 6. The van der Waals surface area contributed by atoms with Gasteiger partial charge in [0, 0.05) is 72.5 Å². The molecule has 0 aromatic carbocycles. The zero-order chi connectivity index (χ0) is 10.6. The SMILES string of the molecule is Cc1[c-]n(C)nn1.Cc1[c-]nnn1C.[Y].[Y]. The second kappa shape index (κ2) is 9.51. The molecule has 0 N–H and O–H groups in total. The maximum Gasteiger partial charge on any atom is 0.0283 e. The Morgan fingerprint density at radius 3 is 1.81 bits per heavy atom. The fraction of sp³-hybridized carbons (Fsp3) is 0.500. The Bertz CT molecular complexity index is 364. The third-order valence-corrected chi connectivity index (χ3v) is 1.53. The molecule has 2 aromatic rings. The predicted molar refractivity (Wildman–Crippen MR) is 49.2 cm³/mol. The van der Waals surface area contributed by atoms with E-state index in [4.69, 9.17) is 0 Å². The fourth-order valence-electron chi connectivity index (χ4n) is 0.714. The minimum atomic E-state index is 0. The van der Waals surface area contributed by atoms with Gasteiger partial charge in [-0.3, -0.25) is 4.68 Å². The van der Waals surface area contributed by atoms with Crippen molar-refractivity contribution in [1.29, 1.82) is 0 Å². The first-order chi connectivity index (χ1) is 6.59. The Labute approximate surface area is 145 Å². The molecule has 16 heavy (non-hydrogen) atoms. The molecule has 0 amide bonds. The first-order valence-corrected chi connectivity index (χ1v) is 4.09. The second-order valence-electron chi connectivity index (χ2n) is 2.82. The summed E-state index contributed by atoms with van der Waals surface area (Å²) in [5.74, 6) is 0. The van der Waals surface area contributed by atoms with E-state index in [1.807, 2.05) is 20.9 Å². The van der Waals surface area contributed by atoms with Gasteiger partial charge in [0.15, 0.2) is 0 Å². The number of hydrogen-bond acceptors (Lipinski definition) is 4. The maximum absolute atomic E-state index is 3.67. The molecule has 0 spiro atoms. The van der Waals surface area contributed by atoms with Crippen molar-refractivity contribution in [2.45, 2.75) is 13.8 Å². The van der Waals surface area contributed by atoms with E-state index in [0.29, 0.717) is 0 Å². The molecular formula is C8H12N6Y2-2. The van der Waals surface area contributed by atoms with Crippen LogP contribution < -0.4 is 0 Å². The zero-order valence-electron chi connectivity index (χ0n) is 9.84. The predicted octanol–water partition coefficient (Wildman–Crippen LogP) is -0.158. The molecule has 0 atom stereocenters. The number of aryl methyl sites for hydroxylation is 4. The third-order valence-electron chi connectivity index (χ3n) is 1.53. The summed E-state index contributed by atoms with van der Waals surface area (Å²) in [4.78, 5) is 0. The first-order valence-electron chi connectivity index (χ1n) is 4.09. The van der Waals surface area contributed by atoms with E-state index in [9.17, 15) is 0 Å². The molecule has 0 aliphatic rings. The van der Waals surface area contributed by atoms with Crippen LogP contribution in [0.3, 0.4) is 0 Å². The molecule has 0 aliphatic carbocycles. The smallest absolute Gasteiger partial charge is 0.0283 e. The minimum absolute atomic E-state index is 0.